The first kappa shape index (κ1) is 16.8. The molecule has 0 aliphatic heterocycles. The molecule has 0 saturated carbocycles. The van der Waals surface area contributed by atoms with E-state index in [9.17, 15) is 4.79 Å². The number of hydrogen-bond acceptors (Lipinski definition) is 3. The van der Waals surface area contributed by atoms with Crippen molar-refractivity contribution in [3.05, 3.63) is 88.3 Å². The molecule has 4 aromatic rings. The van der Waals surface area contributed by atoms with Gasteiger partial charge in [-0.1, -0.05) is 71.8 Å². The molecule has 0 N–H and O–H groups in total. The van der Waals surface area contributed by atoms with Crippen LogP contribution in [0.25, 0.3) is 21.2 Å². The Bertz CT molecular complexity index is 1080. The number of carbonyl (C=O) groups is 1. The summed E-state index contributed by atoms with van der Waals surface area (Å²) in [5, 5.41) is 1.33. The molecular formula is C22H15ClO2S. The predicted octanol–water partition coefficient (Wildman–Crippen LogP) is 6.75. The number of esters is 1. The minimum absolute atomic E-state index is 0.426. The Balaban J connectivity index is 1.55. The summed E-state index contributed by atoms with van der Waals surface area (Å²) >= 11 is 7.69. The molecule has 0 aliphatic carbocycles. The van der Waals surface area contributed by atoms with Crippen LogP contribution in [0, 0.1) is 6.92 Å². The van der Waals surface area contributed by atoms with Gasteiger partial charge in [0.2, 0.25) is 0 Å². The van der Waals surface area contributed by atoms with Crippen molar-refractivity contribution in [2.24, 2.45) is 0 Å². The van der Waals surface area contributed by atoms with Crippen LogP contribution < -0.4 is 4.74 Å². The molecule has 0 bridgehead atoms. The highest BCUT2D eigenvalue weighted by Gasteiger charge is 2.18. The molecule has 0 aliphatic rings. The van der Waals surface area contributed by atoms with E-state index >= 15 is 0 Å². The van der Waals surface area contributed by atoms with E-state index in [2.05, 4.69) is 31.2 Å². The lowest BCUT2D eigenvalue weighted by Crippen LogP contribution is -2.06. The van der Waals surface area contributed by atoms with Crippen molar-refractivity contribution in [2.45, 2.75) is 6.92 Å². The van der Waals surface area contributed by atoms with E-state index in [-0.39, 0.29) is 0 Å². The zero-order chi connectivity index (χ0) is 18.1. The van der Waals surface area contributed by atoms with Gasteiger partial charge in [-0.25, -0.2) is 4.79 Å². The molecule has 0 amide bonds. The third-order valence-corrected chi connectivity index (χ3v) is 5.83. The van der Waals surface area contributed by atoms with Gasteiger partial charge in [0, 0.05) is 10.1 Å². The van der Waals surface area contributed by atoms with E-state index in [1.54, 1.807) is 12.1 Å². The van der Waals surface area contributed by atoms with Gasteiger partial charge in [-0.2, -0.15) is 0 Å². The molecule has 0 unspecified atom stereocenters. The first-order valence-electron chi connectivity index (χ1n) is 8.18. The molecular weight excluding hydrogens is 364 g/mol. The second-order valence-electron chi connectivity index (χ2n) is 6.02. The summed E-state index contributed by atoms with van der Waals surface area (Å²) in [4.78, 5) is 12.9. The van der Waals surface area contributed by atoms with Crippen LogP contribution >= 0.6 is 22.9 Å². The lowest BCUT2D eigenvalue weighted by Gasteiger charge is -2.06. The first-order chi connectivity index (χ1) is 12.6. The average Bonchev–Trinajstić information content (AvgIpc) is 3.00. The summed E-state index contributed by atoms with van der Waals surface area (Å²) in [7, 11) is 0. The average molecular weight is 379 g/mol. The van der Waals surface area contributed by atoms with Crippen molar-refractivity contribution in [3.8, 4) is 16.9 Å². The van der Waals surface area contributed by atoms with E-state index in [4.69, 9.17) is 16.3 Å². The molecule has 4 rings (SSSR count). The second kappa shape index (κ2) is 6.94. The van der Waals surface area contributed by atoms with Crippen LogP contribution in [0.5, 0.6) is 5.75 Å². The smallest absolute Gasteiger partial charge is 0.355 e. The largest absolute Gasteiger partial charge is 0.422 e. The molecule has 0 saturated heterocycles. The van der Waals surface area contributed by atoms with E-state index < -0.39 is 5.97 Å². The molecule has 128 valence electrons. The second-order valence-corrected chi connectivity index (χ2v) is 7.45. The lowest BCUT2D eigenvalue weighted by atomic mass is 10.0. The summed E-state index contributed by atoms with van der Waals surface area (Å²) in [6.07, 6.45) is 0. The van der Waals surface area contributed by atoms with Crippen molar-refractivity contribution < 1.29 is 9.53 Å². The third-order valence-electron chi connectivity index (χ3n) is 4.17. The molecule has 0 atom stereocenters. The lowest BCUT2D eigenvalue weighted by molar-refractivity contribution is 0.0740. The summed E-state index contributed by atoms with van der Waals surface area (Å²) in [6.45, 7) is 2.06. The fourth-order valence-electron chi connectivity index (χ4n) is 2.76. The van der Waals surface area contributed by atoms with E-state index in [1.807, 2.05) is 36.4 Å². The Morgan fingerprint density at radius 2 is 1.50 bits per heavy atom. The number of halogens is 1. The van der Waals surface area contributed by atoms with Gasteiger partial charge in [-0.3, -0.25) is 0 Å². The fourth-order valence-corrected chi connectivity index (χ4v) is 4.14. The van der Waals surface area contributed by atoms with Crippen molar-refractivity contribution in [2.75, 3.05) is 0 Å². The minimum atomic E-state index is -0.431. The van der Waals surface area contributed by atoms with E-state index in [1.165, 1.54) is 16.9 Å². The normalized spacial score (nSPS) is 10.8. The first-order valence-corrected chi connectivity index (χ1v) is 9.37. The number of carbonyl (C=O) groups excluding carboxylic acids is 1. The highest BCUT2D eigenvalue weighted by atomic mass is 35.5. The minimum Gasteiger partial charge on any atom is -0.422 e. The van der Waals surface area contributed by atoms with Gasteiger partial charge >= 0.3 is 5.97 Å². The Labute approximate surface area is 160 Å². The van der Waals surface area contributed by atoms with Gasteiger partial charge in [0.15, 0.2) is 0 Å². The van der Waals surface area contributed by atoms with Crippen LogP contribution in [-0.4, -0.2) is 5.97 Å². The number of fused-ring (bicyclic) bond motifs is 1. The highest BCUT2D eigenvalue weighted by Crippen LogP contribution is 2.35. The Morgan fingerprint density at radius 3 is 2.15 bits per heavy atom. The number of hydrogen-bond donors (Lipinski definition) is 0. The Kier molecular flexibility index (Phi) is 4.49. The van der Waals surface area contributed by atoms with Gasteiger partial charge in [0.25, 0.3) is 0 Å². The van der Waals surface area contributed by atoms with Gasteiger partial charge in [0.1, 0.15) is 10.6 Å². The predicted molar refractivity (Wildman–Crippen MR) is 108 cm³/mol. The van der Waals surface area contributed by atoms with Crippen LogP contribution in [0.15, 0.2) is 72.8 Å². The number of aryl methyl sites for hydroxylation is 1. The topological polar surface area (TPSA) is 26.3 Å². The van der Waals surface area contributed by atoms with E-state index in [0.29, 0.717) is 15.6 Å². The molecule has 0 radical (unpaired) electrons. The molecule has 0 spiro atoms. The standard InChI is InChI=1S/C22H15ClO2S/c1-14-6-8-15(9-7-14)16-10-12-17(13-11-16)25-22(24)21-20(23)18-4-2-3-5-19(18)26-21/h2-13H,1H3. The maximum absolute atomic E-state index is 12.5. The summed E-state index contributed by atoms with van der Waals surface area (Å²) in [5.74, 6) is 0.0682. The zero-order valence-electron chi connectivity index (χ0n) is 14.0. The molecule has 26 heavy (non-hydrogen) atoms. The number of thiophene rings is 1. The van der Waals surface area contributed by atoms with Crippen molar-refractivity contribution in [3.63, 3.8) is 0 Å². The third kappa shape index (κ3) is 3.24. The zero-order valence-corrected chi connectivity index (χ0v) is 15.6. The maximum atomic E-state index is 12.5. The number of benzene rings is 3. The molecule has 3 aromatic carbocycles. The Hall–Kier alpha value is -2.62. The SMILES string of the molecule is Cc1ccc(-c2ccc(OC(=O)c3sc4ccccc4c3Cl)cc2)cc1. The van der Waals surface area contributed by atoms with Crippen molar-refractivity contribution in [1.82, 2.24) is 0 Å². The molecule has 2 nitrogen and oxygen atoms in total. The Morgan fingerprint density at radius 1 is 0.885 bits per heavy atom. The number of ether oxygens (including phenoxy) is 1. The molecule has 4 heteroatoms. The summed E-state index contributed by atoms with van der Waals surface area (Å²) < 4.78 is 6.48. The van der Waals surface area contributed by atoms with Gasteiger partial charge in [0.05, 0.1) is 5.02 Å². The van der Waals surface area contributed by atoms with Crippen LogP contribution in [0.1, 0.15) is 15.2 Å². The van der Waals surface area contributed by atoms with E-state index in [0.717, 1.165) is 21.2 Å². The van der Waals surface area contributed by atoms with Gasteiger partial charge < -0.3 is 4.74 Å². The molecule has 1 aromatic heterocycles. The molecule has 0 fully saturated rings. The van der Waals surface area contributed by atoms with Gasteiger partial charge in [-0.05, 0) is 36.2 Å². The summed E-state index contributed by atoms with van der Waals surface area (Å²) in [6, 6.07) is 23.5. The quantitative estimate of drug-likeness (QED) is 0.291. The molecule has 1 heterocycles. The highest BCUT2D eigenvalue weighted by molar-refractivity contribution is 7.21. The van der Waals surface area contributed by atoms with Crippen LogP contribution in [0.3, 0.4) is 0 Å². The summed E-state index contributed by atoms with van der Waals surface area (Å²) in [5.41, 5.74) is 3.42. The van der Waals surface area contributed by atoms with Gasteiger partial charge in [-0.15, -0.1) is 11.3 Å². The van der Waals surface area contributed by atoms with Crippen molar-refractivity contribution >= 4 is 39.0 Å². The van der Waals surface area contributed by atoms with Crippen molar-refractivity contribution in [1.29, 1.82) is 0 Å². The van der Waals surface area contributed by atoms with Crippen LogP contribution in [0.2, 0.25) is 5.02 Å². The fraction of sp³-hybridized carbons (Fsp3) is 0.0455. The maximum Gasteiger partial charge on any atom is 0.355 e. The van der Waals surface area contributed by atoms with Crippen LogP contribution in [0.4, 0.5) is 0 Å². The van der Waals surface area contributed by atoms with Crippen LogP contribution in [-0.2, 0) is 0 Å². The number of rotatable bonds is 3. The monoisotopic (exact) mass is 378 g/mol.